The Bertz CT molecular complexity index is 1220. The number of H-pyrrole nitrogens is 1. The average molecular weight is 416 g/mol. The van der Waals surface area contributed by atoms with Crippen molar-refractivity contribution in [1.29, 1.82) is 0 Å². The van der Waals surface area contributed by atoms with E-state index in [1.807, 2.05) is 43.5 Å². The summed E-state index contributed by atoms with van der Waals surface area (Å²) in [6.07, 6.45) is 4.23. The Morgan fingerprint density at radius 2 is 1.90 bits per heavy atom. The summed E-state index contributed by atoms with van der Waals surface area (Å²) in [6, 6.07) is 15.2. The number of benzene rings is 2. The quantitative estimate of drug-likeness (QED) is 0.449. The third kappa shape index (κ3) is 4.21. The van der Waals surface area contributed by atoms with Crippen LogP contribution in [0.2, 0.25) is 0 Å². The molecule has 2 aromatic carbocycles. The van der Waals surface area contributed by atoms with Gasteiger partial charge in [-0.1, -0.05) is 18.2 Å². The number of rotatable bonds is 7. The molecule has 7 heteroatoms. The van der Waals surface area contributed by atoms with Crippen molar-refractivity contribution in [3.05, 3.63) is 83.3 Å². The highest BCUT2D eigenvalue weighted by molar-refractivity contribution is 5.94. The van der Waals surface area contributed by atoms with Crippen LogP contribution in [-0.2, 0) is 11.2 Å². The summed E-state index contributed by atoms with van der Waals surface area (Å²) in [4.78, 5) is 27.7. The summed E-state index contributed by atoms with van der Waals surface area (Å²) >= 11 is 0. The third-order valence-electron chi connectivity index (χ3n) is 5.23. The molecule has 31 heavy (non-hydrogen) atoms. The molecule has 0 saturated heterocycles. The Morgan fingerprint density at radius 1 is 1.13 bits per heavy atom. The van der Waals surface area contributed by atoms with Crippen LogP contribution in [0.15, 0.2) is 60.9 Å². The van der Waals surface area contributed by atoms with Crippen molar-refractivity contribution in [3.63, 3.8) is 0 Å². The van der Waals surface area contributed by atoms with Gasteiger partial charge in [-0.3, -0.25) is 4.79 Å². The number of amides is 1. The van der Waals surface area contributed by atoms with Crippen LogP contribution in [0, 0.1) is 6.92 Å². The fourth-order valence-electron chi connectivity index (χ4n) is 3.58. The average Bonchev–Trinajstić information content (AvgIpc) is 3.38. The number of carbonyl (C=O) groups excluding carboxylic acids is 2. The van der Waals surface area contributed by atoms with E-state index in [9.17, 15) is 9.59 Å². The Morgan fingerprint density at radius 3 is 2.68 bits per heavy atom. The molecule has 4 rings (SSSR count). The highest BCUT2D eigenvalue weighted by Gasteiger charge is 2.16. The number of esters is 1. The van der Waals surface area contributed by atoms with Crippen molar-refractivity contribution in [3.8, 4) is 5.69 Å². The first-order valence-corrected chi connectivity index (χ1v) is 10.2. The van der Waals surface area contributed by atoms with E-state index in [0.29, 0.717) is 30.0 Å². The molecule has 0 spiro atoms. The lowest BCUT2D eigenvalue weighted by Crippen LogP contribution is -2.25. The van der Waals surface area contributed by atoms with Gasteiger partial charge in [0.25, 0.3) is 5.91 Å². The van der Waals surface area contributed by atoms with Crippen LogP contribution in [-0.4, -0.2) is 39.8 Å². The van der Waals surface area contributed by atoms with Crippen LogP contribution in [0.5, 0.6) is 0 Å². The van der Waals surface area contributed by atoms with Gasteiger partial charge in [-0.15, -0.1) is 0 Å². The van der Waals surface area contributed by atoms with Gasteiger partial charge in [0, 0.05) is 29.2 Å². The largest absolute Gasteiger partial charge is 0.462 e. The van der Waals surface area contributed by atoms with E-state index in [1.54, 1.807) is 23.7 Å². The number of nitrogens with zero attached hydrogens (tertiary/aromatic N) is 2. The van der Waals surface area contributed by atoms with Crippen molar-refractivity contribution in [2.24, 2.45) is 0 Å². The van der Waals surface area contributed by atoms with Gasteiger partial charge in [-0.25, -0.2) is 9.48 Å². The zero-order valence-corrected chi connectivity index (χ0v) is 17.5. The molecule has 0 radical (unpaired) electrons. The SMILES string of the molecule is CCOC(=O)c1cnn(-c2ccc(C(=O)NCCc3c[nH]c4ccccc34)cc2)c1C. The van der Waals surface area contributed by atoms with Crippen LogP contribution in [0.4, 0.5) is 0 Å². The summed E-state index contributed by atoms with van der Waals surface area (Å²) in [6.45, 7) is 4.43. The maximum Gasteiger partial charge on any atom is 0.341 e. The molecule has 1 amide bonds. The lowest BCUT2D eigenvalue weighted by Gasteiger charge is -2.08. The topological polar surface area (TPSA) is 89.0 Å². The second kappa shape index (κ2) is 8.87. The molecule has 2 heterocycles. The number of nitrogens with one attached hydrogen (secondary N) is 2. The van der Waals surface area contributed by atoms with Gasteiger partial charge in [-0.2, -0.15) is 5.10 Å². The molecule has 2 N–H and O–H groups in total. The monoisotopic (exact) mass is 416 g/mol. The van der Waals surface area contributed by atoms with Crippen LogP contribution in [0.1, 0.15) is 38.9 Å². The molecule has 0 bridgehead atoms. The van der Waals surface area contributed by atoms with Crippen LogP contribution < -0.4 is 5.32 Å². The van der Waals surface area contributed by atoms with Gasteiger partial charge in [0.15, 0.2) is 0 Å². The lowest BCUT2D eigenvalue weighted by molar-refractivity contribution is 0.0525. The summed E-state index contributed by atoms with van der Waals surface area (Å²) < 4.78 is 6.71. The van der Waals surface area contributed by atoms with Crippen LogP contribution in [0.25, 0.3) is 16.6 Å². The first kappa shape index (κ1) is 20.4. The Hall–Kier alpha value is -3.87. The molecule has 0 unspecified atom stereocenters. The van der Waals surface area contributed by atoms with Crippen LogP contribution in [0.3, 0.4) is 0 Å². The van der Waals surface area contributed by atoms with Gasteiger partial charge in [-0.05, 0) is 56.2 Å². The van der Waals surface area contributed by atoms with E-state index < -0.39 is 5.97 Å². The lowest BCUT2D eigenvalue weighted by atomic mass is 10.1. The van der Waals surface area contributed by atoms with Gasteiger partial charge in [0.05, 0.1) is 24.2 Å². The zero-order chi connectivity index (χ0) is 21.8. The van der Waals surface area contributed by atoms with E-state index >= 15 is 0 Å². The van der Waals surface area contributed by atoms with E-state index in [0.717, 1.165) is 17.6 Å². The van der Waals surface area contributed by atoms with Gasteiger partial charge < -0.3 is 15.0 Å². The van der Waals surface area contributed by atoms with E-state index in [4.69, 9.17) is 4.74 Å². The van der Waals surface area contributed by atoms with E-state index in [2.05, 4.69) is 21.5 Å². The van der Waals surface area contributed by atoms with Gasteiger partial charge in [0.2, 0.25) is 0 Å². The molecule has 0 aliphatic rings. The molecule has 7 nitrogen and oxygen atoms in total. The predicted octanol–water partition coefficient (Wildman–Crippen LogP) is 3.81. The number of hydrogen-bond donors (Lipinski definition) is 2. The molecule has 0 fully saturated rings. The molecule has 0 aliphatic heterocycles. The second-order valence-corrected chi connectivity index (χ2v) is 7.19. The van der Waals surface area contributed by atoms with E-state index in [1.165, 1.54) is 17.1 Å². The van der Waals surface area contributed by atoms with Crippen LogP contribution >= 0.6 is 0 Å². The molecule has 0 aliphatic carbocycles. The van der Waals surface area contributed by atoms with Crippen molar-refractivity contribution in [2.45, 2.75) is 20.3 Å². The molecule has 2 aromatic heterocycles. The van der Waals surface area contributed by atoms with Gasteiger partial charge >= 0.3 is 5.97 Å². The summed E-state index contributed by atoms with van der Waals surface area (Å²) in [5.74, 6) is -0.520. The first-order chi connectivity index (χ1) is 15.1. The van der Waals surface area contributed by atoms with Crippen molar-refractivity contribution in [2.75, 3.05) is 13.2 Å². The minimum absolute atomic E-state index is 0.129. The smallest absolute Gasteiger partial charge is 0.341 e. The maximum atomic E-state index is 12.5. The highest BCUT2D eigenvalue weighted by Crippen LogP contribution is 2.18. The normalized spacial score (nSPS) is 10.9. The zero-order valence-electron chi connectivity index (χ0n) is 17.5. The molecule has 158 valence electrons. The standard InChI is InChI=1S/C24H24N4O3/c1-3-31-24(30)21-15-27-28(16(21)2)19-10-8-17(9-11-19)23(29)25-13-12-18-14-26-22-7-5-4-6-20(18)22/h4-11,14-15,26H,3,12-13H2,1-2H3,(H,25,29). The number of para-hydroxylation sites is 1. The number of aromatic amines is 1. The van der Waals surface area contributed by atoms with Crippen molar-refractivity contribution < 1.29 is 14.3 Å². The summed E-state index contributed by atoms with van der Waals surface area (Å²) in [5.41, 5.74) is 4.73. The summed E-state index contributed by atoms with van der Waals surface area (Å²) in [7, 11) is 0. The minimum atomic E-state index is -0.391. The van der Waals surface area contributed by atoms with Gasteiger partial charge in [0.1, 0.15) is 5.56 Å². The Kier molecular flexibility index (Phi) is 5.84. The Labute approximate surface area is 180 Å². The molecule has 0 atom stereocenters. The molecular weight excluding hydrogens is 392 g/mol. The highest BCUT2D eigenvalue weighted by atomic mass is 16.5. The molecule has 0 saturated carbocycles. The molecule has 4 aromatic rings. The number of hydrogen-bond acceptors (Lipinski definition) is 4. The Balaban J connectivity index is 1.39. The number of aromatic nitrogens is 3. The van der Waals surface area contributed by atoms with E-state index in [-0.39, 0.29) is 5.91 Å². The maximum absolute atomic E-state index is 12.5. The minimum Gasteiger partial charge on any atom is -0.462 e. The fraction of sp³-hybridized carbons (Fsp3) is 0.208. The fourth-order valence-corrected chi connectivity index (χ4v) is 3.58. The van der Waals surface area contributed by atoms with Crippen molar-refractivity contribution >= 4 is 22.8 Å². The number of ether oxygens (including phenoxy) is 1. The first-order valence-electron chi connectivity index (χ1n) is 10.2. The number of fused-ring (bicyclic) bond motifs is 1. The summed E-state index contributed by atoms with van der Waals surface area (Å²) in [5, 5.41) is 8.43. The second-order valence-electron chi connectivity index (χ2n) is 7.19. The molecular formula is C24H24N4O3. The number of carbonyl (C=O) groups is 2. The predicted molar refractivity (Wildman–Crippen MR) is 119 cm³/mol. The van der Waals surface area contributed by atoms with Crippen molar-refractivity contribution in [1.82, 2.24) is 20.1 Å². The third-order valence-corrected chi connectivity index (χ3v) is 5.23.